The number of aliphatic carboxylic acids is 1. The predicted molar refractivity (Wildman–Crippen MR) is 156 cm³/mol. The van der Waals surface area contributed by atoms with E-state index in [0.29, 0.717) is 35.9 Å². The van der Waals surface area contributed by atoms with Crippen molar-refractivity contribution in [1.82, 2.24) is 5.32 Å². The number of amides is 1. The molecule has 1 aromatic carbocycles. The molecule has 2 N–H and O–H groups in total. The molecule has 1 unspecified atom stereocenters. The van der Waals surface area contributed by atoms with Crippen LogP contribution in [0.3, 0.4) is 0 Å². The molecule has 42 heavy (non-hydrogen) atoms. The second kappa shape index (κ2) is 12.4. The van der Waals surface area contributed by atoms with E-state index in [1.807, 2.05) is 30.3 Å². The lowest BCUT2D eigenvalue weighted by atomic mass is 9.44. The summed E-state index contributed by atoms with van der Waals surface area (Å²) in [5.74, 6) is 1.36. The van der Waals surface area contributed by atoms with E-state index in [1.54, 1.807) is 6.92 Å². The van der Waals surface area contributed by atoms with Crippen LogP contribution >= 0.6 is 0 Å². The van der Waals surface area contributed by atoms with Gasteiger partial charge in [0.05, 0.1) is 0 Å². The Kier molecular flexibility index (Phi) is 9.00. The molecule has 0 bridgehead atoms. The third-order valence-electron chi connectivity index (χ3n) is 12.0. The first-order chi connectivity index (χ1) is 20.0. The van der Waals surface area contributed by atoms with E-state index < -0.39 is 30.7 Å². The van der Waals surface area contributed by atoms with Crippen LogP contribution in [-0.4, -0.2) is 41.6 Å². The van der Waals surface area contributed by atoms with Gasteiger partial charge in [0, 0.05) is 5.92 Å². The number of benzene rings is 1. The summed E-state index contributed by atoms with van der Waals surface area (Å²) in [6, 6.07) is 9.18. The fraction of sp³-hybridized carbons (Fsp3) is 0.706. The van der Waals surface area contributed by atoms with E-state index in [2.05, 4.69) is 19.2 Å². The maximum absolute atomic E-state index is 12.4. The Morgan fingerprint density at radius 1 is 0.952 bits per heavy atom. The van der Waals surface area contributed by atoms with E-state index in [0.717, 1.165) is 44.1 Å². The SMILES string of the molecule is CC(=O)[C@H]1CC[C@H]2[C@@H]3CC[C@H]4C[C@@H](CC(OC(=O)CNC(=O)OCc5ccccc5)C(=O)O)CC[C@]4(C)[C@H]3CC[C@]12C. The molecule has 0 aromatic heterocycles. The third-order valence-corrected chi connectivity index (χ3v) is 12.0. The molecule has 1 amide bonds. The van der Waals surface area contributed by atoms with E-state index >= 15 is 0 Å². The second-order valence-electron chi connectivity index (χ2n) is 14.1. The van der Waals surface area contributed by atoms with Gasteiger partial charge in [-0.1, -0.05) is 44.2 Å². The van der Waals surface area contributed by atoms with E-state index in [1.165, 1.54) is 19.3 Å². The molecular weight excluding hydrogens is 534 g/mol. The number of nitrogens with one attached hydrogen (secondary N) is 1. The number of hydrogen-bond acceptors (Lipinski definition) is 6. The number of alkyl carbamates (subject to hydrolysis) is 1. The highest BCUT2D eigenvalue weighted by molar-refractivity contribution is 5.81. The fourth-order valence-corrected chi connectivity index (χ4v) is 9.85. The zero-order valence-electron chi connectivity index (χ0n) is 25.3. The lowest BCUT2D eigenvalue weighted by Crippen LogP contribution is -2.54. The summed E-state index contributed by atoms with van der Waals surface area (Å²) in [6.07, 6.45) is 8.16. The van der Waals surface area contributed by atoms with E-state index in [4.69, 9.17) is 9.47 Å². The van der Waals surface area contributed by atoms with Crippen molar-refractivity contribution in [1.29, 1.82) is 0 Å². The smallest absolute Gasteiger partial charge is 0.407 e. The van der Waals surface area contributed by atoms with Gasteiger partial charge in [-0.25, -0.2) is 9.59 Å². The normalized spacial score (nSPS) is 36.0. The first kappa shape index (κ1) is 30.6. The van der Waals surface area contributed by atoms with Gasteiger partial charge in [-0.15, -0.1) is 0 Å². The Hall–Kier alpha value is -2.90. The van der Waals surface area contributed by atoms with Crippen LogP contribution < -0.4 is 5.32 Å². The fourth-order valence-electron chi connectivity index (χ4n) is 9.85. The molecule has 9 atom stereocenters. The highest BCUT2D eigenvalue weighted by Crippen LogP contribution is 2.68. The van der Waals surface area contributed by atoms with Gasteiger partial charge in [0.15, 0.2) is 6.10 Å². The molecule has 4 fully saturated rings. The number of esters is 1. The lowest BCUT2D eigenvalue weighted by molar-refractivity contribution is -0.166. The Morgan fingerprint density at radius 2 is 1.67 bits per heavy atom. The average molecular weight is 582 g/mol. The summed E-state index contributed by atoms with van der Waals surface area (Å²) in [4.78, 5) is 48.9. The summed E-state index contributed by atoms with van der Waals surface area (Å²) in [7, 11) is 0. The number of Topliss-reactive ketones (excluding diaryl/α,β-unsaturated/α-hetero) is 1. The monoisotopic (exact) mass is 581 g/mol. The molecule has 8 nitrogen and oxygen atoms in total. The van der Waals surface area contributed by atoms with Crippen molar-refractivity contribution in [3.8, 4) is 0 Å². The minimum Gasteiger partial charge on any atom is -0.479 e. The molecule has 1 aromatic rings. The van der Waals surface area contributed by atoms with Crippen molar-refractivity contribution >= 4 is 23.8 Å². The standard InChI is InChI=1S/C34H47NO7/c1-21(36)26-11-12-27-25-10-9-24-17-23(13-15-33(24,2)28(25)14-16-34(26,27)3)18-29(31(38)39)42-30(37)19-35-32(40)41-20-22-7-5-4-6-8-22/h4-8,23-29H,9-20H2,1-3H3,(H,35,40)(H,38,39)/t23-,24-,25-,26+,27-,28-,29?,33-,34+/m0/s1. The molecule has 8 heteroatoms. The quantitative estimate of drug-likeness (QED) is 0.335. The van der Waals surface area contributed by atoms with Crippen LogP contribution in [-0.2, 0) is 30.5 Å². The van der Waals surface area contributed by atoms with Crippen molar-refractivity contribution < 1.29 is 33.8 Å². The van der Waals surface area contributed by atoms with Gasteiger partial charge >= 0.3 is 18.0 Å². The van der Waals surface area contributed by atoms with Gasteiger partial charge in [0.25, 0.3) is 0 Å². The van der Waals surface area contributed by atoms with Gasteiger partial charge in [-0.3, -0.25) is 9.59 Å². The van der Waals surface area contributed by atoms with Gasteiger partial charge in [-0.2, -0.15) is 0 Å². The Balaban J connectivity index is 1.12. The van der Waals surface area contributed by atoms with Crippen molar-refractivity contribution in [2.75, 3.05) is 6.54 Å². The van der Waals surface area contributed by atoms with E-state index in [9.17, 15) is 24.3 Å². The number of carboxylic acid groups (broad SMARTS) is 1. The van der Waals surface area contributed by atoms with Crippen LogP contribution in [0.4, 0.5) is 4.79 Å². The summed E-state index contributed by atoms with van der Waals surface area (Å²) >= 11 is 0. The molecule has 0 aliphatic heterocycles. The first-order valence-electron chi connectivity index (χ1n) is 15.9. The Morgan fingerprint density at radius 3 is 2.38 bits per heavy atom. The number of rotatable bonds is 9. The molecule has 0 saturated heterocycles. The number of hydrogen-bond donors (Lipinski definition) is 2. The molecule has 5 rings (SSSR count). The molecule has 0 spiro atoms. The number of carboxylic acids is 1. The number of carbonyl (C=O) groups is 4. The van der Waals surface area contributed by atoms with Crippen molar-refractivity contribution in [2.45, 2.75) is 97.7 Å². The molecule has 0 heterocycles. The van der Waals surface area contributed by atoms with Crippen LogP contribution in [0, 0.1) is 46.3 Å². The Bertz CT molecular complexity index is 1170. The number of carbonyl (C=O) groups excluding carboxylic acids is 3. The minimum atomic E-state index is -1.23. The molecule has 4 aliphatic rings. The molecule has 4 aliphatic carbocycles. The lowest BCUT2D eigenvalue weighted by Gasteiger charge is -2.61. The molecule has 230 valence electrons. The van der Waals surface area contributed by atoms with Gasteiger partial charge < -0.3 is 19.9 Å². The average Bonchev–Trinajstić information content (AvgIpc) is 3.33. The van der Waals surface area contributed by atoms with E-state index in [-0.39, 0.29) is 29.3 Å². The van der Waals surface area contributed by atoms with Gasteiger partial charge in [-0.05, 0) is 117 Å². The first-order valence-corrected chi connectivity index (χ1v) is 15.9. The Labute approximate surface area is 249 Å². The van der Waals surface area contributed by atoms with Crippen molar-refractivity contribution in [2.24, 2.45) is 46.3 Å². The second-order valence-corrected chi connectivity index (χ2v) is 14.1. The van der Waals surface area contributed by atoms with Crippen molar-refractivity contribution in [3.63, 3.8) is 0 Å². The zero-order chi connectivity index (χ0) is 30.1. The predicted octanol–water partition coefficient (Wildman–Crippen LogP) is 6.16. The van der Waals surface area contributed by atoms with Crippen LogP contribution in [0.1, 0.15) is 90.5 Å². The topological polar surface area (TPSA) is 119 Å². The highest BCUT2D eigenvalue weighted by atomic mass is 16.6. The highest BCUT2D eigenvalue weighted by Gasteiger charge is 2.60. The van der Waals surface area contributed by atoms with Gasteiger partial charge in [0.2, 0.25) is 0 Å². The summed E-state index contributed by atoms with van der Waals surface area (Å²) in [5.41, 5.74) is 1.22. The number of ether oxygens (including phenoxy) is 2. The van der Waals surface area contributed by atoms with Gasteiger partial charge in [0.1, 0.15) is 18.9 Å². The largest absolute Gasteiger partial charge is 0.479 e. The molecular formula is C34H47NO7. The maximum Gasteiger partial charge on any atom is 0.407 e. The minimum absolute atomic E-state index is 0.0712. The third kappa shape index (κ3) is 6.09. The van der Waals surface area contributed by atoms with Crippen molar-refractivity contribution in [3.05, 3.63) is 35.9 Å². The summed E-state index contributed by atoms with van der Waals surface area (Å²) in [6.45, 7) is 6.26. The zero-order valence-corrected chi connectivity index (χ0v) is 25.3. The van der Waals surface area contributed by atoms with Crippen LogP contribution in [0.2, 0.25) is 0 Å². The molecule has 0 radical (unpaired) electrons. The summed E-state index contributed by atoms with van der Waals surface area (Å²) < 4.78 is 10.4. The summed E-state index contributed by atoms with van der Waals surface area (Å²) in [5, 5.41) is 12.2. The number of ketones is 1. The van der Waals surface area contributed by atoms with Crippen LogP contribution in [0.15, 0.2) is 30.3 Å². The maximum atomic E-state index is 12.4. The number of fused-ring (bicyclic) bond motifs is 5. The van der Waals surface area contributed by atoms with Crippen LogP contribution in [0.5, 0.6) is 0 Å². The van der Waals surface area contributed by atoms with Crippen LogP contribution in [0.25, 0.3) is 0 Å². The molecule has 4 saturated carbocycles.